The standard InChI is InChI=1S/C19H16N4O4S/c1-22-17-14(9-15(28-17)18(25)27-11-13-7-8-20-21-13)16(24)23(19(22)26)10-12-5-3-2-4-6-12/h2-9H,10-11H2,1H3,(H,20,21). The van der Waals surface area contributed by atoms with Gasteiger partial charge in [0.2, 0.25) is 0 Å². The third kappa shape index (κ3) is 3.27. The average Bonchev–Trinajstić information content (AvgIpc) is 3.38. The lowest BCUT2D eigenvalue weighted by Gasteiger charge is -2.08. The lowest BCUT2D eigenvalue weighted by Crippen LogP contribution is -2.38. The number of fused-ring (bicyclic) bond motifs is 1. The number of carbonyl (C=O) groups excluding carboxylic acids is 1. The number of benzene rings is 1. The van der Waals surface area contributed by atoms with Crippen LogP contribution in [0.15, 0.2) is 58.3 Å². The lowest BCUT2D eigenvalue weighted by atomic mass is 10.2. The summed E-state index contributed by atoms with van der Waals surface area (Å²) >= 11 is 1.06. The van der Waals surface area contributed by atoms with Crippen molar-refractivity contribution in [3.8, 4) is 0 Å². The number of H-pyrrole nitrogens is 1. The number of carbonyl (C=O) groups is 1. The van der Waals surface area contributed by atoms with E-state index in [0.29, 0.717) is 15.9 Å². The molecule has 0 aliphatic rings. The number of aryl methyl sites for hydroxylation is 1. The van der Waals surface area contributed by atoms with Crippen LogP contribution in [0.5, 0.6) is 0 Å². The summed E-state index contributed by atoms with van der Waals surface area (Å²) in [5, 5.41) is 6.81. The highest BCUT2D eigenvalue weighted by Crippen LogP contribution is 2.23. The summed E-state index contributed by atoms with van der Waals surface area (Å²) in [4.78, 5) is 38.6. The van der Waals surface area contributed by atoms with Gasteiger partial charge >= 0.3 is 11.7 Å². The van der Waals surface area contributed by atoms with Gasteiger partial charge in [0, 0.05) is 13.2 Å². The molecule has 3 aromatic heterocycles. The van der Waals surface area contributed by atoms with Gasteiger partial charge in [-0.1, -0.05) is 30.3 Å². The minimum absolute atomic E-state index is 0.0459. The first-order chi connectivity index (χ1) is 13.5. The van der Waals surface area contributed by atoms with Crippen LogP contribution in [0.1, 0.15) is 20.9 Å². The molecule has 0 radical (unpaired) electrons. The van der Waals surface area contributed by atoms with Gasteiger partial charge in [-0.3, -0.25) is 19.0 Å². The third-order valence-electron chi connectivity index (χ3n) is 4.31. The molecule has 0 amide bonds. The largest absolute Gasteiger partial charge is 0.455 e. The molecule has 0 saturated carbocycles. The van der Waals surface area contributed by atoms with Gasteiger partial charge < -0.3 is 4.74 Å². The molecular weight excluding hydrogens is 380 g/mol. The number of hydrogen-bond donors (Lipinski definition) is 1. The Balaban J connectivity index is 1.70. The van der Waals surface area contributed by atoms with Crippen molar-refractivity contribution < 1.29 is 9.53 Å². The van der Waals surface area contributed by atoms with Gasteiger partial charge in [0.25, 0.3) is 5.56 Å². The number of aromatic amines is 1. The van der Waals surface area contributed by atoms with E-state index in [-0.39, 0.29) is 18.0 Å². The number of nitrogens with zero attached hydrogens (tertiary/aromatic N) is 3. The molecule has 0 unspecified atom stereocenters. The van der Waals surface area contributed by atoms with E-state index in [0.717, 1.165) is 16.9 Å². The van der Waals surface area contributed by atoms with Crippen molar-refractivity contribution >= 4 is 27.5 Å². The molecule has 1 aromatic carbocycles. The Morgan fingerprint density at radius 2 is 2.00 bits per heavy atom. The van der Waals surface area contributed by atoms with Gasteiger partial charge in [-0.15, -0.1) is 11.3 Å². The fourth-order valence-corrected chi connectivity index (χ4v) is 3.87. The van der Waals surface area contributed by atoms with Crippen LogP contribution in [0.25, 0.3) is 10.2 Å². The smallest absolute Gasteiger partial charge is 0.348 e. The number of ether oxygens (including phenoxy) is 1. The Morgan fingerprint density at radius 3 is 2.71 bits per heavy atom. The molecule has 0 bridgehead atoms. The zero-order valence-corrected chi connectivity index (χ0v) is 15.7. The summed E-state index contributed by atoms with van der Waals surface area (Å²) in [6.07, 6.45) is 1.56. The number of nitrogens with one attached hydrogen (secondary N) is 1. The van der Waals surface area contributed by atoms with Crippen molar-refractivity contribution in [1.82, 2.24) is 19.3 Å². The van der Waals surface area contributed by atoms with E-state index in [9.17, 15) is 14.4 Å². The molecule has 4 aromatic rings. The second-order valence-electron chi connectivity index (χ2n) is 6.21. The van der Waals surface area contributed by atoms with Crippen LogP contribution in [0.3, 0.4) is 0 Å². The van der Waals surface area contributed by atoms with Crippen molar-refractivity contribution in [2.45, 2.75) is 13.2 Å². The first-order valence-electron chi connectivity index (χ1n) is 8.47. The van der Waals surface area contributed by atoms with Gasteiger partial charge in [-0.25, -0.2) is 9.59 Å². The van der Waals surface area contributed by atoms with Crippen LogP contribution in [-0.4, -0.2) is 25.3 Å². The third-order valence-corrected chi connectivity index (χ3v) is 5.50. The molecule has 0 spiro atoms. The van der Waals surface area contributed by atoms with Crippen molar-refractivity contribution in [3.63, 3.8) is 0 Å². The van der Waals surface area contributed by atoms with Gasteiger partial charge in [-0.2, -0.15) is 5.10 Å². The molecule has 1 N–H and O–H groups in total. The van der Waals surface area contributed by atoms with Crippen molar-refractivity contribution in [2.24, 2.45) is 7.05 Å². The number of hydrogen-bond acceptors (Lipinski definition) is 6. The second-order valence-corrected chi connectivity index (χ2v) is 7.24. The highest BCUT2D eigenvalue weighted by Gasteiger charge is 2.19. The molecular formula is C19H16N4O4S. The molecule has 28 heavy (non-hydrogen) atoms. The quantitative estimate of drug-likeness (QED) is 0.520. The second kappa shape index (κ2) is 7.28. The fraction of sp³-hybridized carbons (Fsp3) is 0.158. The normalized spacial score (nSPS) is 11.0. The fourth-order valence-electron chi connectivity index (χ4n) is 2.87. The molecule has 142 valence electrons. The average molecular weight is 396 g/mol. The van der Waals surface area contributed by atoms with E-state index in [1.807, 2.05) is 30.3 Å². The van der Waals surface area contributed by atoms with E-state index < -0.39 is 17.2 Å². The van der Waals surface area contributed by atoms with Crippen LogP contribution in [0.4, 0.5) is 0 Å². The molecule has 4 rings (SSSR count). The summed E-state index contributed by atoms with van der Waals surface area (Å²) in [6, 6.07) is 12.4. The minimum atomic E-state index is -0.558. The molecule has 8 nitrogen and oxygen atoms in total. The minimum Gasteiger partial charge on any atom is -0.455 e. The van der Waals surface area contributed by atoms with Crippen molar-refractivity contribution in [1.29, 1.82) is 0 Å². The Bertz CT molecular complexity index is 1250. The predicted octanol–water partition coefficient (Wildman–Crippen LogP) is 1.89. The maximum absolute atomic E-state index is 12.9. The molecule has 0 aliphatic heterocycles. The highest BCUT2D eigenvalue weighted by molar-refractivity contribution is 7.20. The van der Waals surface area contributed by atoms with E-state index in [2.05, 4.69) is 10.2 Å². The SMILES string of the molecule is Cn1c(=O)n(Cc2ccccc2)c(=O)c2cc(C(=O)OCc3ccn[nH]3)sc21. The topological polar surface area (TPSA) is 99.0 Å². The Labute approximate surface area is 162 Å². The monoisotopic (exact) mass is 396 g/mol. The maximum atomic E-state index is 12.9. The lowest BCUT2D eigenvalue weighted by molar-refractivity contribution is 0.0473. The Morgan fingerprint density at radius 1 is 1.21 bits per heavy atom. The zero-order chi connectivity index (χ0) is 19.7. The van der Waals surface area contributed by atoms with Crippen LogP contribution >= 0.6 is 11.3 Å². The van der Waals surface area contributed by atoms with Crippen LogP contribution in [0.2, 0.25) is 0 Å². The first kappa shape index (κ1) is 17.9. The van der Waals surface area contributed by atoms with Crippen LogP contribution < -0.4 is 11.2 Å². The molecule has 0 fully saturated rings. The zero-order valence-electron chi connectivity index (χ0n) is 14.9. The van der Waals surface area contributed by atoms with Crippen molar-refractivity contribution in [3.05, 3.63) is 85.6 Å². The van der Waals surface area contributed by atoms with E-state index >= 15 is 0 Å². The molecule has 0 aliphatic carbocycles. The number of esters is 1. The van der Waals surface area contributed by atoms with Crippen LogP contribution in [0, 0.1) is 0 Å². The summed E-state index contributed by atoms with van der Waals surface area (Å²) < 4.78 is 7.80. The molecule has 9 heteroatoms. The van der Waals surface area contributed by atoms with Gasteiger partial charge in [-0.05, 0) is 17.7 Å². The van der Waals surface area contributed by atoms with Gasteiger partial charge in [0.1, 0.15) is 16.3 Å². The van der Waals surface area contributed by atoms with E-state index in [1.54, 1.807) is 19.3 Å². The maximum Gasteiger partial charge on any atom is 0.348 e. The first-order valence-corrected chi connectivity index (χ1v) is 9.29. The summed E-state index contributed by atoms with van der Waals surface area (Å²) in [5.74, 6) is -0.558. The van der Waals surface area contributed by atoms with Crippen molar-refractivity contribution in [2.75, 3.05) is 0 Å². The molecule has 3 heterocycles. The Hall–Kier alpha value is -3.46. The molecule has 0 atom stereocenters. The molecule has 0 saturated heterocycles. The summed E-state index contributed by atoms with van der Waals surface area (Å²) in [6.45, 7) is 0.210. The summed E-state index contributed by atoms with van der Waals surface area (Å²) in [5.41, 5.74) is 0.647. The van der Waals surface area contributed by atoms with Crippen LogP contribution in [-0.2, 0) is 24.9 Å². The van der Waals surface area contributed by atoms with Gasteiger partial charge in [0.15, 0.2) is 0 Å². The van der Waals surface area contributed by atoms with E-state index in [1.165, 1.54) is 15.2 Å². The van der Waals surface area contributed by atoms with Gasteiger partial charge in [0.05, 0.1) is 17.6 Å². The highest BCUT2D eigenvalue weighted by atomic mass is 32.1. The number of thiophene rings is 1. The van der Waals surface area contributed by atoms with E-state index in [4.69, 9.17) is 4.74 Å². The number of aromatic nitrogens is 4. The Kier molecular flexibility index (Phi) is 4.66. The number of rotatable bonds is 5. The summed E-state index contributed by atoms with van der Waals surface area (Å²) in [7, 11) is 1.59. The predicted molar refractivity (Wildman–Crippen MR) is 105 cm³/mol.